The molecule has 1 spiro atoms. The van der Waals surface area contributed by atoms with Crippen molar-refractivity contribution in [2.75, 3.05) is 20.1 Å². The van der Waals surface area contributed by atoms with Gasteiger partial charge in [-0.05, 0) is 70.0 Å². The van der Waals surface area contributed by atoms with E-state index < -0.39 is 0 Å². The van der Waals surface area contributed by atoms with E-state index in [1.807, 2.05) is 0 Å². The molecular formula is C16H32N2. The molecule has 2 rings (SSSR count). The first-order valence-electron chi connectivity index (χ1n) is 7.98. The Morgan fingerprint density at radius 1 is 1.22 bits per heavy atom. The third kappa shape index (κ3) is 3.27. The number of nitrogens with one attached hydrogen (secondary N) is 1. The summed E-state index contributed by atoms with van der Waals surface area (Å²) in [5, 5.41) is 3.60. The zero-order valence-corrected chi connectivity index (χ0v) is 12.8. The highest BCUT2D eigenvalue weighted by atomic mass is 15.1. The van der Waals surface area contributed by atoms with Crippen LogP contribution in [0.15, 0.2) is 0 Å². The maximum Gasteiger partial charge on any atom is 0.00925 e. The van der Waals surface area contributed by atoms with E-state index in [1.165, 1.54) is 51.6 Å². The topological polar surface area (TPSA) is 15.3 Å². The van der Waals surface area contributed by atoms with Crippen molar-refractivity contribution in [3.8, 4) is 0 Å². The fourth-order valence-electron chi connectivity index (χ4n) is 4.03. The van der Waals surface area contributed by atoms with Gasteiger partial charge in [-0.3, -0.25) is 0 Å². The minimum absolute atomic E-state index is 0.649. The van der Waals surface area contributed by atoms with Crippen LogP contribution in [0.1, 0.15) is 59.3 Å². The average Bonchev–Trinajstić information content (AvgIpc) is 2.33. The van der Waals surface area contributed by atoms with Crippen LogP contribution in [0.4, 0.5) is 0 Å². The first-order chi connectivity index (χ1) is 8.54. The fraction of sp³-hybridized carbons (Fsp3) is 1.00. The Hall–Kier alpha value is -0.0800. The van der Waals surface area contributed by atoms with Gasteiger partial charge in [-0.2, -0.15) is 0 Å². The van der Waals surface area contributed by atoms with Gasteiger partial charge in [0, 0.05) is 12.1 Å². The standard InChI is InChI=1S/C16H32N2/c1-5-18(4)15-6-8-16(9-7-15)10-14(11-16)12-17-13(2)3/h13-15,17H,5-12H2,1-4H3/t14-,15-,16?. The maximum absolute atomic E-state index is 3.60. The Kier molecular flexibility index (Phi) is 4.71. The minimum atomic E-state index is 0.649. The van der Waals surface area contributed by atoms with Gasteiger partial charge in [0.1, 0.15) is 0 Å². The van der Waals surface area contributed by atoms with Gasteiger partial charge < -0.3 is 10.2 Å². The van der Waals surface area contributed by atoms with Crippen LogP contribution in [0.25, 0.3) is 0 Å². The molecule has 0 atom stereocenters. The highest BCUT2D eigenvalue weighted by Crippen LogP contribution is 2.54. The Bertz CT molecular complexity index is 246. The molecule has 2 saturated carbocycles. The van der Waals surface area contributed by atoms with E-state index in [4.69, 9.17) is 0 Å². The van der Waals surface area contributed by atoms with Crippen molar-refractivity contribution in [3.05, 3.63) is 0 Å². The minimum Gasteiger partial charge on any atom is -0.314 e. The lowest BCUT2D eigenvalue weighted by Crippen LogP contribution is -2.47. The number of rotatable bonds is 5. The van der Waals surface area contributed by atoms with E-state index in [-0.39, 0.29) is 0 Å². The van der Waals surface area contributed by atoms with E-state index >= 15 is 0 Å². The summed E-state index contributed by atoms with van der Waals surface area (Å²) in [6.07, 6.45) is 8.84. The summed E-state index contributed by atoms with van der Waals surface area (Å²) in [5.41, 5.74) is 0.758. The molecule has 0 aliphatic heterocycles. The molecule has 0 bridgehead atoms. The molecule has 0 heterocycles. The van der Waals surface area contributed by atoms with Crippen molar-refractivity contribution in [2.45, 2.75) is 71.4 Å². The predicted molar refractivity (Wildman–Crippen MR) is 78.9 cm³/mol. The largest absolute Gasteiger partial charge is 0.314 e. The van der Waals surface area contributed by atoms with Crippen molar-refractivity contribution in [1.82, 2.24) is 10.2 Å². The van der Waals surface area contributed by atoms with E-state index in [9.17, 15) is 0 Å². The van der Waals surface area contributed by atoms with E-state index in [1.54, 1.807) is 0 Å². The van der Waals surface area contributed by atoms with Gasteiger partial charge in [0.15, 0.2) is 0 Å². The summed E-state index contributed by atoms with van der Waals surface area (Å²) in [4.78, 5) is 2.54. The lowest BCUT2D eigenvalue weighted by molar-refractivity contribution is -0.00807. The maximum atomic E-state index is 3.60. The van der Waals surface area contributed by atoms with Gasteiger partial charge in [0.25, 0.3) is 0 Å². The highest BCUT2D eigenvalue weighted by molar-refractivity contribution is 4.98. The van der Waals surface area contributed by atoms with Crippen LogP contribution in [-0.2, 0) is 0 Å². The third-order valence-electron chi connectivity index (χ3n) is 5.40. The van der Waals surface area contributed by atoms with Gasteiger partial charge >= 0.3 is 0 Å². The Morgan fingerprint density at radius 2 is 1.83 bits per heavy atom. The Labute approximate surface area is 114 Å². The molecule has 0 saturated heterocycles. The lowest BCUT2D eigenvalue weighted by Gasteiger charge is -2.53. The van der Waals surface area contributed by atoms with Gasteiger partial charge in [-0.15, -0.1) is 0 Å². The molecule has 0 aromatic rings. The second-order valence-electron chi connectivity index (χ2n) is 7.14. The van der Waals surface area contributed by atoms with Gasteiger partial charge in [-0.1, -0.05) is 20.8 Å². The van der Waals surface area contributed by atoms with Crippen LogP contribution in [0, 0.1) is 11.3 Å². The van der Waals surface area contributed by atoms with Crippen LogP contribution in [-0.4, -0.2) is 37.1 Å². The lowest BCUT2D eigenvalue weighted by atomic mass is 9.55. The second kappa shape index (κ2) is 5.92. The van der Waals surface area contributed by atoms with Crippen molar-refractivity contribution in [2.24, 2.45) is 11.3 Å². The summed E-state index contributed by atoms with van der Waals surface area (Å²) in [6.45, 7) is 9.23. The molecular weight excluding hydrogens is 220 g/mol. The van der Waals surface area contributed by atoms with E-state index in [2.05, 4.69) is 38.0 Å². The first kappa shape index (κ1) is 14.3. The quantitative estimate of drug-likeness (QED) is 0.808. The molecule has 2 heteroatoms. The Morgan fingerprint density at radius 3 is 2.33 bits per heavy atom. The normalized spacial score (nSPS) is 36.3. The van der Waals surface area contributed by atoms with Crippen LogP contribution in [0.3, 0.4) is 0 Å². The zero-order valence-electron chi connectivity index (χ0n) is 12.8. The summed E-state index contributed by atoms with van der Waals surface area (Å²) in [7, 11) is 2.29. The molecule has 106 valence electrons. The average molecular weight is 252 g/mol. The molecule has 2 fully saturated rings. The van der Waals surface area contributed by atoms with Crippen molar-refractivity contribution in [3.63, 3.8) is 0 Å². The molecule has 0 aromatic carbocycles. The van der Waals surface area contributed by atoms with Gasteiger partial charge in [0.05, 0.1) is 0 Å². The molecule has 2 nitrogen and oxygen atoms in total. The molecule has 0 radical (unpaired) electrons. The van der Waals surface area contributed by atoms with Crippen LogP contribution >= 0.6 is 0 Å². The summed E-state index contributed by atoms with van der Waals surface area (Å²) >= 11 is 0. The predicted octanol–water partition coefficient (Wildman–Crippen LogP) is 3.28. The molecule has 0 aromatic heterocycles. The van der Waals surface area contributed by atoms with E-state index in [0.29, 0.717) is 6.04 Å². The summed E-state index contributed by atoms with van der Waals surface area (Å²) in [5.74, 6) is 0.966. The van der Waals surface area contributed by atoms with Crippen molar-refractivity contribution >= 4 is 0 Å². The number of hydrogen-bond acceptors (Lipinski definition) is 2. The van der Waals surface area contributed by atoms with Crippen LogP contribution < -0.4 is 5.32 Å². The summed E-state index contributed by atoms with van der Waals surface area (Å²) in [6, 6.07) is 1.52. The molecule has 18 heavy (non-hydrogen) atoms. The van der Waals surface area contributed by atoms with Gasteiger partial charge in [-0.25, -0.2) is 0 Å². The van der Waals surface area contributed by atoms with Crippen molar-refractivity contribution < 1.29 is 0 Å². The fourth-order valence-corrected chi connectivity index (χ4v) is 4.03. The monoisotopic (exact) mass is 252 g/mol. The van der Waals surface area contributed by atoms with Crippen LogP contribution in [0.2, 0.25) is 0 Å². The smallest absolute Gasteiger partial charge is 0.00925 e. The molecule has 2 aliphatic rings. The molecule has 0 amide bonds. The van der Waals surface area contributed by atoms with E-state index in [0.717, 1.165) is 17.4 Å². The highest BCUT2D eigenvalue weighted by Gasteiger charge is 2.45. The molecule has 1 N–H and O–H groups in total. The van der Waals surface area contributed by atoms with Crippen LogP contribution in [0.5, 0.6) is 0 Å². The van der Waals surface area contributed by atoms with Gasteiger partial charge in [0.2, 0.25) is 0 Å². The third-order valence-corrected chi connectivity index (χ3v) is 5.40. The SMILES string of the molecule is CCN(C)[C@H]1CCC2(CC1)C[C@H](CNC(C)C)C2. The number of nitrogens with zero attached hydrogens (tertiary/aromatic N) is 1. The summed E-state index contributed by atoms with van der Waals surface area (Å²) < 4.78 is 0. The molecule has 0 unspecified atom stereocenters. The zero-order chi connectivity index (χ0) is 13.2. The first-order valence-corrected chi connectivity index (χ1v) is 7.98. The Balaban J connectivity index is 1.68. The second-order valence-corrected chi connectivity index (χ2v) is 7.14. The molecule has 2 aliphatic carbocycles. The van der Waals surface area contributed by atoms with Crippen molar-refractivity contribution in [1.29, 1.82) is 0 Å². The number of hydrogen-bond donors (Lipinski definition) is 1.